The minimum atomic E-state index is -0.269. The van der Waals surface area contributed by atoms with E-state index in [1.807, 2.05) is 22.4 Å². The van der Waals surface area contributed by atoms with Crippen LogP contribution >= 0.6 is 22.9 Å². The zero-order valence-electron chi connectivity index (χ0n) is 20.8. The molecular weight excluding hydrogens is 524 g/mol. The van der Waals surface area contributed by atoms with E-state index in [1.54, 1.807) is 73.2 Å². The average Bonchev–Trinajstić information content (AvgIpc) is 3.64. The van der Waals surface area contributed by atoms with Crippen LogP contribution in [-0.4, -0.2) is 48.4 Å². The van der Waals surface area contributed by atoms with E-state index in [1.165, 1.54) is 9.78 Å². The summed E-state index contributed by atoms with van der Waals surface area (Å²) in [5.74, 6) is 1.51. The van der Waals surface area contributed by atoms with Gasteiger partial charge >= 0.3 is 0 Å². The van der Waals surface area contributed by atoms with E-state index in [2.05, 4.69) is 6.07 Å². The van der Waals surface area contributed by atoms with Crippen molar-refractivity contribution in [3.63, 3.8) is 0 Å². The number of methoxy groups -OCH3 is 1. The molecule has 196 valence electrons. The molecule has 1 aliphatic rings. The van der Waals surface area contributed by atoms with Crippen molar-refractivity contribution in [2.24, 2.45) is 0 Å². The Kier molecular flexibility index (Phi) is 8.00. The highest BCUT2D eigenvalue weighted by molar-refractivity contribution is 7.10. The molecule has 7 nitrogen and oxygen atoms in total. The van der Waals surface area contributed by atoms with E-state index < -0.39 is 0 Å². The first-order valence-corrected chi connectivity index (χ1v) is 13.5. The average molecular weight is 551 g/mol. The first-order valence-electron chi connectivity index (χ1n) is 12.2. The first kappa shape index (κ1) is 25.9. The molecule has 1 aliphatic heterocycles. The third-order valence-electron chi connectivity index (χ3n) is 6.51. The van der Waals surface area contributed by atoms with Crippen LogP contribution in [0.15, 0.2) is 82.8 Å². The number of halogens is 1. The highest BCUT2D eigenvalue weighted by Gasteiger charge is 2.34. The van der Waals surface area contributed by atoms with Gasteiger partial charge in [0.05, 0.1) is 26.0 Å². The van der Waals surface area contributed by atoms with Crippen molar-refractivity contribution in [1.29, 1.82) is 0 Å². The van der Waals surface area contributed by atoms with Gasteiger partial charge in [0.25, 0.3) is 5.91 Å². The van der Waals surface area contributed by atoms with E-state index in [9.17, 15) is 9.59 Å². The van der Waals surface area contributed by atoms with E-state index >= 15 is 0 Å². The van der Waals surface area contributed by atoms with Gasteiger partial charge in [-0.15, -0.1) is 11.3 Å². The van der Waals surface area contributed by atoms with Crippen LogP contribution in [-0.2, 0) is 17.8 Å². The highest BCUT2D eigenvalue weighted by Crippen LogP contribution is 2.34. The number of hydrogen-bond donors (Lipinski definition) is 0. The Morgan fingerprint density at radius 3 is 2.55 bits per heavy atom. The Balaban J connectivity index is 1.36. The molecule has 2 amide bonds. The number of amides is 2. The molecule has 0 saturated heterocycles. The molecule has 0 radical (unpaired) electrons. The molecule has 4 aromatic rings. The van der Waals surface area contributed by atoms with Gasteiger partial charge in [0.1, 0.15) is 30.4 Å². The lowest BCUT2D eigenvalue weighted by molar-refractivity contribution is -0.135. The van der Waals surface area contributed by atoms with Gasteiger partial charge in [-0.3, -0.25) is 9.59 Å². The fraction of sp³-hybridized carbons (Fsp3) is 0.241. The Labute approximate surface area is 230 Å². The van der Waals surface area contributed by atoms with E-state index in [4.69, 9.17) is 25.5 Å². The molecule has 3 heterocycles. The Morgan fingerprint density at radius 1 is 1.08 bits per heavy atom. The summed E-state index contributed by atoms with van der Waals surface area (Å²) < 4.78 is 16.8. The second-order valence-electron chi connectivity index (χ2n) is 8.89. The van der Waals surface area contributed by atoms with Gasteiger partial charge in [0.15, 0.2) is 0 Å². The summed E-state index contributed by atoms with van der Waals surface area (Å²) in [6.45, 7) is 0.920. The molecule has 2 aromatic heterocycles. The molecule has 38 heavy (non-hydrogen) atoms. The van der Waals surface area contributed by atoms with Gasteiger partial charge < -0.3 is 23.7 Å². The number of carbonyl (C=O) groups excluding carboxylic acids is 2. The molecule has 2 aromatic carbocycles. The maximum atomic E-state index is 13.8. The lowest BCUT2D eigenvalue weighted by atomic mass is 10.0. The van der Waals surface area contributed by atoms with Gasteiger partial charge in [-0.1, -0.05) is 11.6 Å². The second kappa shape index (κ2) is 11.8. The van der Waals surface area contributed by atoms with Crippen LogP contribution in [0.3, 0.4) is 0 Å². The fourth-order valence-electron chi connectivity index (χ4n) is 4.54. The number of benzene rings is 2. The monoisotopic (exact) mass is 550 g/mol. The maximum absolute atomic E-state index is 13.8. The Morgan fingerprint density at radius 2 is 1.84 bits per heavy atom. The van der Waals surface area contributed by atoms with Crippen molar-refractivity contribution in [2.75, 3.05) is 26.8 Å². The molecule has 0 N–H and O–H groups in total. The summed E-state index contributed by atoms with van der Waals surface area (Å²) in [4.78, 5) is 31.9. The Bertz CT molecular complexity index is 1370. The van der Waals surface area contributed by atoms with Crippen LogP contribution < -0.4 is 9.47 Å². The van der Waals surface area contributed by atoms with Crippen LogP contribution in [0.25, 0.3) is 0 Å². The zero-order valence-corrected chi connectivity index (χ0v) is 22.4. The molecular formula is C29H27ClN2O5S. The van der Waals surface area contributed by atoms with E-state index in [0.717, 1.165) is 12.0 Å². The number of carbonyl (C=O) groups is 2. The summed E-state index contributed by atoms with van der Waals surface area (Å²) >= 11 is 7.70. The molecule has 0 unspecified atom stereocenters. The molecule has 1 atom stereocenters. The zero-order chi connectivity index (χ0) is 26.5. The van der Waals surface area contributed by atoms with Crippen molar-refractivity contribution >= 4 is 34.8 Å². The van der Waals surface area contributed by atoms with Crippen LogP contribution in [0.4, 0.5) is 0 Å². The SMILES string of the molecule is COc1ccc(C(=O)N(CC(=O)N2CCc3sccc3[C@@H]2COc2ccc(Cl)cc2)Cc2ccco2)cc1. The lowest BCUT2D eigenvalue weighted by Crippen LogP contribution is -2.47. The Hall–Kier alpha value is -3.75. The number of hydrogen-bond acceptors (Lipinski definition) is 6. The maximum Gasteiger partial charge on any atom is 0.254 e. The largest absolute Gasteiger partial charge is 0.497 e. The number of rotatable bonds is 9. The molecule has 0 saturated carbocycles. The van der Waals surface area contributed by atoms with Crippen LogP contribution in [0.1, 0.15) is 32.6 Å². The third-order valence-corrected chi connectivity index (χ3v) is 7.76. The molecule has 0 aliphatic carbocycles. The van der Waals surface area contributed by atoms with Crippen LogP contribution in [0.5, 0.6) is 11.5 Å². The van der Waals surface area contributed by atoms with Gasteiger partial charge in [-0.25, -0.2) is 0 Å². The lowest BCUT2D eigenvalue weighted by Gasteiger charge is -2.37. The van der Waals surface area contributed by atoms with Gasteiger partial charge in [-0.2, -0.15) is 0 Å². The number of furan rings is 1. The topological polar surface area (TPSA) is 72.2 Å². The van der Waals surface area contributed by atoms with Crippen molar-refractivity contribution < 1.29 is 23.5 Å². The van der Waals surface area contributed by atoms with Gasteiger partial charge in [-0.05, 0) is 84.1 Å². The molecule has 5 rings (SSSR count). The van der Waals surface area contributed by atoms with Gasteiger partial charge in [0.2, 0.25) is 5.91 Å². The first-order chi connectivity index (χ1) is 18.5. The van der Waals surface area contributed by atoms with Crippen molar-refractivity contribution in [1.82, 2.24) is 9.80 Å². The quantitative estimate of drug-likeness (QED) is 0.261. The predicted molar refractivity (Wildman–Crippen MR) is 146 cm³/mol. The van der Waals surface area contributed by atoms with Crippen molar-refractivity contribution in [2.45, 2.75) is 19.0 Å². The number of thiophene rings is 1. The highest BCUT2D eigenvalue weighted by atomic mass is 35.5. The fourth-order valence-corrected chi connectivity index (χ4v) is 5.60. The predicted octanol–water partition coefficient (Wildman–Crippen LogP) is 5.85. The number of fused-ring (bicyclic) bond motifs is 1. The summed E-state index contributed by atoms with van der Waals surface area (Å²) in [5.41, 5.74) is 1.55. The van der Waals surface area contributed by atoms with Crippen molar-refractivity contribution in [3.8, 4) is 11.5 Å². The molecule has 9 heteroatoms. The second-order valence-corrected chi connectivity index (χ2v) is 10.3. The summed E-state index contributed by atoms with van der Waals surface area (Å²) in [6.07, 6.45) is 2.32. The number of nitrogens with zero attached hydrogens (tertiary/aromatic N) is 2. The van der Waals surface area contributed by atoms with Crippen molar-refractivity contribution in [3.05, 3.63) is 105 Å². The van der Waals surface area contributed by atoms with E-state index in [0.29, 0.717) is 41.0 Å². The summed E-state index contributed by atoms with van der Waals surface area (Å²) in [5, 5.41) is 2.68. The van der Waals surface area contributed by atoms with Gasteiger partial charge in [0, 0.05) is 22.0 Å². The van der Waals surface area contributed by atoms with E-state index in [-0.39, 0.29) is 30.9 Å². The van der Waals surface area contributed by atoms with Crippen LogP contribution in [0.2, 0.25) is 5.02 Å². The van der Waals surface area contributed by atoms with Crippen LogP contribution in [0, 0.1) is 0 Å². The summed E-state index contributed by atoms with van der Waals surface area (Å²) in [6, 6.07) is 19.4. The minimum absolute atomic E-state index is 0.0948. The normalized spacial score (nSPS) is 14.6. The minimum Gasteiger partial charge on any atom is -0.497 e. The molecule has 0 fully saturated rings. The summed E-state index contributed by atoms with van der Waals surface area (Å²) in [7, 11) is 1.57. The molecule has 0 spiro atoms. The third kappa shape index (κ3) is 5.87. The molecule has 0 bridgehead atoms. The smallest absolute Gasteiger partial charge is 0.254 e. The number of ether oxygens (including phenoxy) is 2. The standard InChI is InChI=1S/C29H27ClN2O5S/c1-35-22-8-4-20(5-9-22)29(34)31(17-24-3-2-15-36-24)18-28(33)32-14-12-27-25(13-16-38-27)26(32)19-37-23-10-6-21(30)7-11-23/h2-11,13,15-16,26H,12,14,17-19H2,1H3/t26-/m0/s1.